The lowest BCUT2D eigenvalue weighted by atomic mass is 10.1. The molecule has 1 saturated heterocycles. The van der Waals surface area contributed by atoms with E-state index in [2.05, 4.69) is 12.1 Å². The Hall–Kier alpha value is -2.69. The van der Waals surface area contributed by atoms with Gasteiger partial charge in [0, 0.05) is 35.6 Å². The van der Waals surface area contributed by atoms with Crippen LogP contribution in [0, 0.1) is 20.8 Å². The van der Waals surface area contributed by atoms with Crippen molar-refractivity contribution in [3.05, 3.63) is 53.0 Å². The number of carbonyl (C=O) groups is 1. The van der Waals surface area contributed by atoms with Crippen LogP contribution >= 0.6 is 0 Å². The highest BCUT2D eigenvalue weighted by Crippen LogP contribution is 2.29. The van der Waals surface area contributed by atoms with E-state index in [1.54, 1.807) is 0 Å². The van der Waals surface area contributed by atoms with Gasteiger partial charge in [-0.25, -0.2) is 9.50 Å². The van der Waals surface area contributed by atoms with Gasteiger partial charge in [0.05, 0.1) is 12.1 Å². The van der Waals surface area contributed by atoms with Crippen molar-refractivity contribution in [2.45, 2.75) is 40.0 Å². The smallest absolute Gasteiger partial charge is 0.227 e. The molecule has 134 valence electrons. The maximum Gasteiger partial charge on any atom is 0.227 e. The third-order valence-electron chi connectivity index (χ3n) is 5.35. The Balaban J connectivity index is 1.79. The number of benzene rings is 1. The number of nitrogens with zero attached hydrogens (tertiary/aromatic N) is 4. The fraction of sp³-hybridized carbons (Fsp3) is 0.381. The van der Waals surface area contributed by atoms with Crippen molar-refractivity contribution in [2.24, 2.45) is 0 Å². The molecule has 0 saturated carbocycles. The van der Waals surface area contributed by atoms with Gasteiger partial charge < -0.3 is 4.90 Å². The molecule has 0 radical (unpaired) electrons. The van der Waals surface area contributed by atoms with Gasteiger partial charge in [-0.1, -0.05) is 30.3 Å². The fourth-order valence-electron chi connectivity index (χ4n) is 3.90. The summed E-state index contributed by atoms with van der Waals surface area (Å²) in [4.78, 5) is 19.4. The highest BCUT2D eigenvalue weighted by Gasteiger charge is 2.22. The number of likely N-dealkylation sites (tertiary alicyclic amines) is 1. The van der Waals surface area contributed by atoms with Gasteiger partial charge in [-0.15, -0.1) is 0 Å². The van der Waals surface area contributed by atoms with E-state index in [-0.39, 0.29) is 5.91 Å². The van der Waals surface area contributed by atoms with Gasteiger partial charge in [0.1, 0.15) is 0 Å². The number of hydrogen-bond donors (Lipinski definition) is 0. The van der Waals surface area contributed by atoms with E-state index >= 15 is 0 Å². The first-order valence-electron chi connectivity index (χ1n) is 9.25. The lowest BCUT2D eigenvalue weighted by Crippen LogP contribution is -2.29. The van der Waals surface area contributed by atoms with Crippen LogP contribution in [0.5, 0.6) is 0 Å². The van der Waals surface area contributed by atoms with Crippen LogP contribution in [-0.2, 0) is 11.2 Å². The Bertz CT molecular complexity index is 969. The van der Waals surface area contributed by atoms with Gasteiger partial charge in [0.2, 0.25) is 5.91 Å². The lowest BCUT2D eigenvalue weighted by molar-refractivity contribution is -0.129. The first-order chi connectivity index (χ1) is 12.6. The number of rotatable bonds is 3. The average Bonchev–Trinajstić information content (AvgIpc) is 3.27. The normalized spacial score (nSPS) is 14.3. The van der Waals surface area contributed by atoms with Crippen molar-refractivity contribution in [1.29, 1.82) is 0 Å². The summed E-state index contributed by atoms with van der Waals surface area (Å²) < 4.78 is 1.90. The van der Waals surface area contributed by atoms with Crippen LogP contribution < -0.4 is 0 Å². The molecule has 1 aliphatic heterocycles. The molecule has 0 spiro atoms. The molecule has 0 N–H and O–H groups in total. The molecular formula is C21H24N4O. The minimum atomic E-state index is 0.196. The second-order valence-electron chi connectivity index (χ2n) is 7.09. The highest BCUT2D eigenvalue weighted by molar-refractivity contribution is 5.82. The molecule has 0 aliphatic carbocycles. The summed E-state index contributed by atoms with van der Waals surface area (Å²) in [7, 11) is 0. The molecule has 2 aromatic heterocycles. The second kappa shape index (κ2) is 6.56. The van der Waals surface area contributed by atoms with Crippen molar-refractivity contribution < 1.29 is 4.79 Å². The molecular weight excluding hydrogens is 324 g/mol. The van der Waals surface area contributed by atoms with Crippen LogP contribution in [0.15, 0.2) is 30.3 Å². The molecule has 4 rings (SSSR count). The van der Waals surface area contributed by atoms with Crippen LogP contribution in [0.4, 0.5) is 0 Å². The first-order valence-corrected chi connectivity index (χ1v) is 9.25. The van der Waals surface area contributed by atoms with Gasteiger partial charge in [-0.05, 0) is 39.2 Å². The van der Waals surface area contributed by atoms with Crippen LogP contribution in [0.25, 0.3) is 16.8 Å². The topological polar surface area (TPSA) is 50.5 Å². The number of hydrogen-bond acceptors (Lipinski definition) is 3. The van der Waals surface area contributed by atoms with Gasteiger partial charge in [0.15, 0.2) is 5.65 Å². The molecule has 5 nitrogen and oxygen atoms in total. The number of aromatic nitrogens is 3. The Labute approximate surface area is 153 Å². The molecule has 26 heavy (non-hydrogen) atoms. The summed E-state index contributed by atoms with van der Waals surface area (Å²) in [5.41, 5.74) is 6.91. The lowest BCUT2D eigenvalue weighted by Gasteiger charge is -2.17. The van der Waals surface area contributed by atoms with E-state index < -0.39 is 0 Å². The van der Waals surface area contributed by atoms with Crippen LogP contribution in [-0.4, -0.2) is 38.5 Å². The van der Waals surface area contributed by atoms with Crippen LogP contribution in [0.2, 0.25) is 0 Å². The van der Waals surface area contributed by atoms with Crippen LogP contribution in [0.1, 0.15) is 35.5 Å². The average molecular weight is 348 g/mol. The summed E-state index contributed by atoms with van der Waals surface area (Å²) in [6.45, 7) is 7.81. The monoisotopic (exact) mass is 348 g/mol. The van der Waals surface area contributed by atoms with Crippen molar-refractivity contribution in [3.8, 4) is 11.1 Å². The molecule has 0 atom stereocenters. The minimum Gasteiger partial charge on any atom is -0.342 e. The number of amides is 1. The van der Waals surface area contributed by atoms with E-state index in [1.807, 2.05) is 48.4 Å². The first kappa shape index (κ1) is 16.8. The predicted octanol–water partition coefficient (Wildman–Crippen LogP) is 3.49. The van der Waals surface area contributed by atoms with Crippen molar-refractivity contribution >= 4 is 11.6 Å². The largest absolute Gasteiger partial charge is 0.342 e. The zero-order valence-electron chi connectivity index (χ0n) is 15.6. The summed E-state index contributed by atoms with van der Waals surface area (Å²) in [6, 6.07) is 10.2. The van der Waals surface area contributed by atoms with Gasteiger partial charge >= 0.3 is 0 Å². The molecule has 3 aromatic rings. The van der Waals surface area contributed by atoms with E-state index in [9.17, 15) is 4.79 Å². The van der Waals surface area contributed by atoms with Crippen molar-refractivity contribution in [1.82, 2.24) is 19.5 Å². The molecule has 0 unspecified atom stereocenters. The molecule has 1 aromatic carbocycles. The fourth-order valence-corrected chi connectivity index (χ4v) is 3.90. The Morgan fingerprint density at radius 1 is 1.04 bits per heavy atom. The molecule has 1 amide bonds. The highest BCUT2D eigenvalue weighted by atomic mass is 16.2. The quantitative estimate of drug-likeness (QED) is 0.728. The maximum atomic E-state index is 12.6. The number of fused-ring (bicyclic) bond motifs is 1. The summed E-state index contributed by atoms with van der Waals surface area (Å²) in [6.07, 6.45) is 2.62. The summed E-state index contributed by atoms with van der Waals surface area (Å²) >= 11 is 0. The van der Waals surface area contributed by atoms with Gasteiger partial charge in [-0.2, -0.15) is 5.10 Å². The molecule has 3 heterocycles. The minimum absolute atomic E-state index is 0.196. The Morgan fingerprint density at radius 3 is 2.42 bits per heavy atom. The Kier molecular flexibility index (Phi) is 4.23. The summed E-state index contributed by atoms with van der Waals surface area (Å²) in [5.74, 6) is 0.196. The number of carbonyl (C=O) groups excluding carboxylic acids is 1. The zero-order chi connectivity index (χ0) is 18.3. The van der Waals surface area contributed by atoms with Gasteiger partial charge in [0.25, 0.3) is 0 Å². The van der Waals surface area contributed by atoms with Crippen molar-refractivity contribution in [3.63, 3.8) is 0 Å². The summed E-state index contributed by atoms with van der Waals surface area (Å²) in [5, 5.41) is 4.72. The third kappa shape index (κ3) is 2.77. The third-order valence-corrected chi connectivity index (χ3v) is 5.35. The van der Waals surface area contributed by atoms with E-state index in [4.69, 9.17) is 10.1 Å². The van der Waals surface area contributed by atoms with E-state index in [0.29, 0.717) is 6.42 Å². The maximum absolute atomic E-state index is 12.6. The van der Waals surface area contributed by atoms with E-state index in [1.165, 1.54) is 0 Å². The molecule has 1 aliphatic rings. The standard InChI is InChI=1S/C21H24N4O/c1-14-18(13-19(26)24-11-7-8-12-24)16(3)25-21(22-14)20(15(2)23-25)17-9-5-4-6-10-17/h4-6,9-10H,7-8,11-13H2,1-3H3. The Morgan fingerprint density at radius 2 is 1.73 bits per heavy atom. The zero-order valence-corrected chi connectivity index (χ0v) is 15.6. The molecule has 1 fully saturated rings. The number of aryl methyl sites for hydroxylation is 3. The molecule has 0 bridgehead atoms. The SMILES string of the molecule is Cc1nc2c(-c3ccccc3)c(C)nn2c(C)c1CC(=O)N1CCCC1. The second-order valence-corrected chi connectivity index (χ2v) is 7.09. The van der Waals surface area contributed by atoms with E-state index in [0.717, 1.165) is 65.4 Å². The predicted molar refractivity (Wildman–Crippen MR) is 102 cm³/mol. The van der Waals surface area contributed by atoms with Crippen LogP contribution in [0.3, 0.4) is 0 Å². The molecule has 5 heteroatoms. The van der Waals surface area contributed by atoms with Gasteiger partial charge in [-0.3, -0.25) is 4.79 Å². The van der Waals surface area contributed by atoms with Crippen molar-refractivity contribution in [2.75, 3.05) is 13.1 Å².